The van der Waals surface area contributed by atoms with Crippen LogP contribution in [0.1, 0.15) is 23.7 Å². The number of ether oxygens (including phenoxy) is 1. The molecule has 0 unspecified atom stereocenters. The second-order valence-electron chi connectivity index (χ2n) is 3.50. The molecule has 0 heterocycles. The van der Waals surface area contributed by atoms with Crippen molar-refractivity contribution in [1.82, 2.24) is 0 Å². The van der Waals surface area contributed by atoms with Crippen LogP contribution in [0, 0.1) is 5.82 Å². The molecule has 6 nitrogen and oxygen atoms in total. The summed E-state index contributed by atoms with van der Waals surface area (Å²) in [6.07, 6.45) is -0.610. The summed E-state index contributed by atoms with van der Waals surface area (Å²) in [6.45, 7) is 1.70. The van der Waals surface area contributed by atoms with Crippen molar-refractivity contribution in [2.75, 3.05) is 11.9 Å². The van der Waals surface area contributed by atoms with Gasteiger partial charge in [0.15, 0.2) is 0 Å². The van der Waals surface area contributed by atoms with Crippen LogP contribution in [-0.2, 0) is 14.3 Å². The van der Waals surface area contributed by atoms with E-state index in [-0.39, 0.29) is 6.61 Å². The number of halogens is 1. The number of carbonyl (C=O) groups is 3. The molecule has 7 heteroatoms. The van der Waals surface area contributed by atoms with Gasteiger partial charge in [-0.05, 0) is 19.1 Å². The monoisotopic (exact) mass is 269 g/mol. The lowest BCUT2D eigenvalue weighted by Crippen LogP contribution is -2.20. The highest BCUT2D eigenvalue weighted by atomic mass is 19.1. The molecule has 19 heavy (non-hydrogen) atoms. The van der Waals surface area contributed by atoms with Crippen LogP contribution >= 0.6 is 0 Å². The van der Waals surface area contributed by atoms with Crippen molar-refractivity contribution in [2.45, 2.75) is 13.3 Å². The first kappa shape index (κ1) is 14.6. The number of hydrogen-bond acceptors (Lipinski definition) is 4. The van der Waals surface area contributed by atoms with E-state index in [1.165, 1.54) is 6.07 Å². The minimum atomic E-state index is -1.38. The lowest BCUT2D eigenvalue weighted by atomic mass is 10.1. The zero-order chi connectivity index (χ0) is 14.4. The van der Waals surface area contributed by atoms with Crippen LogP contribution in [0.5, 0.6) is 0 Å². The van der Waals surface area contributed by atoms with E-state index < -0.39 is 41.3 Å². The van der Waals surface area contributed by atoms with E-state index in [2.05, 4.69) is 10.1 Å². The molecule has 1 rings (SSSR count). The predicted octanol–water partition coefficient (Wildman–Crippen LogP) is 1.42. The standard InChI is InChI=1S/C12H12FNO5/c1-2-19-10(16)6-9(15)14-11-7(12(17)18)4-3-5-8(11)13/h3-5H,2,6H2,1H3,(H,14,15)(H,17,18). The molecule has 0 saturated heterocycles. The summed E-state index contributed by atoms with van der Waals surface area (Å²) in [5.41, 5.74) is -0.860. The van der Waals surface area contributed by atoms with Crippen molar-refractivity contribution in [3.63, 3.8) is 0 Å². The first-order chi connectivity index (χ1) is 8.95. The summed E-state index contributed by atoms with van der Waals surface area (Å²) in [7, 11) is 0. The van der Waals surface area contributed by atoms with Gasteiger partial charge in [0.1, 0.15) is 12.2 Å². The Morgan fingerprint density at radius 2 is 2.05 bits per heavy atom. The Labute approximate surface area is 108 Å². The molecule has 2 N–H and O–H groups in total. The minimum Gasteiger partial charge on any atom is -0.478 e. The van der Waals surface area contributed by atoms with Crippen LogP contribution in [0.4, 0.5) is 10.1 Å². The molecule has 0 aliphatic rings. The van der Waals surface area contributed by atoms with Crippen molar-refractivity contribution in [2.24, 2.45) is 0 Å². The lowest BCUT2D eigenvalue weighted by Gasteiger charge is -2.09. The maximum Gasteiger partial charge on any atom is 0.337 e. The summed E-state index contributed by atoms with van der Waals surface area (Å²) < 4.78 is 18.0. The molecular weight excluding hydrogens is 257 g/mol. The van der Waals surface area contributed by atoms with Crippen LogP contribution in [0.3, 0.4) is 0 Å². The lowest BCUT2D eigenvalue weighted by molar-refractivity contribution is -0.145. The third-order valence-electron chi connectivity index (χ3n) is 2.12. The molecule has 102 valence electrons. The van der Waals surface area contributed by atoms with Crippen LogP contribution in [0.15, 0.2) is 18.2 Å². The van der Waals surface area contributed by atoms with Gasteiger partial charge in [-0.1, -0.05) is 6.07 Å². The average Bonchev–Trinajstić information content (AvgIpc) is 2.31. The van der Waals surface area contributed by atoms with Gasteiger partial charge in [-0.25, -0.2) is 9.18 Å². The average molecular weight is 269 g/mol. The molecule has 0 aliphatic heterocycles. The fourth-order valence-electron chi connectivity index (χ4n) is 1.36. The maximum absolute atomic E-state index is 13.5. The smallest absolute Gasteiger partial charge is 0.337 e. The molecule has 0 radical (unpaired) electrons. The van der Waals surface area contributed by atoms with Gasteiger partial charge in [0.05, 0.1) is 17.9 Å². The van der Waals surface area contributed by atoms with E-state index >= 15 is 0 Å². The van der Waals surface area contributed by atoms with Crippen molar-refractivity contribution in [1.29, 1.82) is 0 Å². The summed E-state index contributed by atoms with van der Waals surface area (Å²) >= 11 is 0. The number of esters is 1. The zero-order valence-corrected chi connectivity index (χ0v) is 10.1. The molecule has 0 fully saturated rings. The van der Waals surface area contributed by atoms with Gasteiger partial charge < -0.3 is 15.2 Å². The molecule has 0 spiro atoms. The highest BCUT2D eigenvalue weighted by Gasteiger charge is 2.18. The minimum absolute atomic E-state index is 0.117. The second-order valence-corrected chi connectivity index (χ2v) is 3.50. The zero-order valence-electron chi connectivity index (χ0n) is 10.1. The maximum atomic E-state index is 13.5. The SMILES string of the molecule is CCOC(=O)CC(=O)Nc1c(F)cccc1C(=O)O. The second kappa shape index (κ2) is 6.48. The molecule has 0 saturated carbocycles. The Morgan fingerprint density at radius 3 is 2.63 bits per heavy atom. The molecule has 1 amide bonds. The Kier molecular flexibility index (Phi) is 4.99. The number of hydrogen-bond donors (Lipinski definition) is 2. The summed E-state index contributed by atoms with van der Waals surface area (Å²) in [5, 5.41) is 10.9. The predicted molar refractivity (Wildman–Crippen MR) is 63.2 cm³/mol. The number of carboxylic acid groups (broad SMARTS) is 1. The van der Waals surface area contributed by atoms with Crippen LogP contribution < -0.4 is 5.32 Å². The van der Waals surface area contributed by atoms with Gasteiger partial charge in [-0.3, -0.25) is 9.59 Å². The highest BCUT2D eigenvalue weighted by Crippen LogP contribution is 2.20. The van der Waals surface area contributed by atoms with Crippen molar-refractivity contribution in [3.8, 4) is 0 Å². The third kappa shape index (κ3) is 4.06. The topological polar surface area (TPSA) is 92.7 Å². The largest absolute Gasteiger partial charge is 0.478 e. The van der Waals surface area contributed by atoms with E-state index in [9.17, 15) is 18.8 Å². The van der Waals surface area contributed by atoms with E-state index in [4.69, 9.17) is 5.11 Å². The van der Waals surface area contributed by atoms with E-state index in [0.717, 1.165) is 12.1 Å². The number of amides is 1. The van der Waals surface area contributed by atoms with Gasteiger partial charge in [0.25, 0.3) is 0 Å². The molecule has 1 aromatic carbocycles. The van der Waals surface area contributed by atoms with Gasteiger partial charge in [0, 0.05) is 0 Å². The molecule has 0 atom stereocenters. The highest BCUT2D eigenvalue weighted by molar-refractivity contribution is 6.05. The quantitative estimate of drug-likeness (QED) is 0.623. The number of carbonyl (C=O) groups excluding carboxylic acids is 2. The number of nitrogens with one attached hydrogen (secondary N) is 1. The molecule has 0 aromatic heterocycles. The first-order valence-electron chi connectivity index (χ1n) is 5.43. The van der Waals surface area contributed by atoms with Crippen molar-refractivity contribution >= 4 is 23.5 Å². The van der Waals surface area contributed by atoms with Gasteiger partial charge in [-0.2, -0.15) is 0 Å². The molecule has 1 aromatic rings. The van der Waals surface area contributed by atoms with Crippen LogP contribution in [0.25, 0.3) is 0 Å². The van der Waals surface area contributed by atoms with Gasteiger partial charge in [0.2, 0.25) is 5.91 Å². The van der Waals surface area contributed by atoms with E-state index in [0.29, 0.717) is 0 Å². The third-order valence-corrected chi connectivity index (χ3v) is 2.12. The molecule has 0 bridgehead atoms. The Hall–Kier alpha value is -2.44. The van der Waals surface area contributed by atoms with E-state index in [1.54, 1.807) is 6.92 Å². The number of aromatic carboxylic acids is 1. The number of rotatable bonds is 5. The Balaban J connectivity index is 2.84. The van der Waals surface area contributed by atoms with Gasteiger partial charge in [-0.15, -0.1) is 0 Å². The fraction of sp³-hybridized carbons (Fsp3) is 0.250. The Bertz CT molecular complexity index is 515. The molecular formula is C12H12FNO5. The number of carboxylic acids is 1. The summed E-state index contributed by atoms with van der Waals surface area (Å²) in [5.74, 6) is -3.89. The number of anilines is 1. The fourth-order valence-corrected chi connectivity index (χ4v) is 1.36. The number of para-hydroxylation sites is 1. The Morgan fingerprint density at radius 1 is 1.37 bits per heavy atom. The van der Waals surface area contributed by atoms with Crippen LogP contribution in [0.2, 0.25) is 0 Å². The first-order valence-corrected chi connectivity index (χ1v) is 5.43. The summed E-state index contributed by atoms with van der Waals surface area (Å²) in [4.78, 5) is 33.4. The molecule has 0 aliphatic carbocycles. The van der Waals surface area contributed by atoms with Crippen LogP contribution in [-0.4, -0.2) is 29.6 Å². The van der Waals surface area contributed by atoms with Crippen molar-refractivity contribution in [3.05, 3.63) is 29.6 Å². The van der Waals surface area contributed by atoms with Crippen molar-refractivity contribution < 1.29 is 28.6 Å². The normalized spacial score (nSPS) is 9.79. The van der Waals surface area contributed by atoms with Gasteiger partial charge >= 0.3 is 11.9 Å². The van der Waals surface area contributed by atoms with E-state index in [1.807, 2.05) is 0 Å². The number of benzene rings is 1. The summed E-state index contributed by atoms with van der Waals surface area (Å²) in [6, 6.07) is 3.36.